The van der Waals surface area contributed by atoms with Gasteiger partial charge in [0, 0.05) is 24.2 Å². The second kappa shape index (κ2) is 5.62. The minimum absolute atomic E-state index is 0.0126. The summed E-state index contributed by atoms with van der Waals surface area (Å²) < 4.78 is 2.16. The predicted octanol–water partition coefficient (Wildman–Crippen LogP) is 3.45. The second-order valence-corrected chi connectivity index (χ2v) is 6.29. The van der Waals surface area contributed by atoms with Crippen molar-refractivity contribution in [3.05, 3.63) is 18.0 Å². The third kappa shape index (κ3) is 3.07. The molecule has 0 unspecified atom stereocenters. The summed E-state index contributed by atoms with van der Waals surface area (Å²) >= 11 is 6.00. The fourth-order valence-corrected chi connectivity index (χ4v) is 2.60. The largest absolute Gasteiger partial charge is 0.294 e. The van der Waals surface area contributed by atoms with Crippen LogP contribution >= 0.6 is 11.6 Å². The minimum Gasteiger partial charge on any atom is -0.294 e. The van der Waals surface area contributed by atoms with E-state index in [0.29, 0.717) is 11.9 Å². The fourth-order valence-electron chi connectivity index (χ4n) is 2.39. The van der Waals surface area contributed by atoms with Crippen LogP contribution in [0.1, 0.15) is 51.3 Å². The van der Waals surface area contributed by atoms with Gasteiger partial charge in [-0.2, -0.15) is 5.10 Å². The third-order valence-electron chi connectivity index (χ3n) is 4.12. The molecule has 18 heavy (non-hydrogen) atoms. The highest BCUT2D eigenvalue weighted by molar-refractivity contribution is 6.18. The lowest BCUT2D eigenvalue weighted by Crippen LogP contribution is -2.42. The summed E-state index contributed by atoms with van der Waals surface area (Å²) in [5.41, 5.74) is 1.15. The normalized spacial score (nSPS) is 17.8. The van der Waals surface area contributed by atoms with Crippen LogP contribution in [-0.4, -0.2) is 33.1 Å². The molecular formula is C14H24ClN3. The predicted molar refractivity (Wildman–Crippen MR) is 76.0 cm³/mol. The highest BCUT2D eigenvalue weighted by atomic mass is 35.5. The maximum absolute atomic E-state index is 6.00. The van der Waals surface area contributed by atoms with Crippen molar-refractivity contribution in [3.8, 4) is 0 Å². The highest BCUT2D eigenvalue weighted by Gasteiger charge is 2.23. The van der Waals surface area contributed by atoms with Gasteiger partial charge in [-0.05, 0) is 39.8 Å². The molecule has 0 spiro atoms. The summed E-state index contributed by atoms with van der Waals surface area (Å²) in [6.45, 7) is 5.18. The lowest BCUT2D eigenvalue weighted by Gasteiger charge is -2.33. The summed E-state index contributed by atoms with van der Waals surface area (Å²) in [6.07, 6.45) is 7.39. The van der Waals surface area contributed by atoms with Crippen LogP contribution in [0.25, 0.3) is 0 Å². The van der Waals surface area contributed by atoms with E-state index < -0.39 is 0 Å². The van der Waals surface area contributed by atoms with Crippen LogP contribution in [-0.2, 0) is 6.54 Å². The van der Waals surface area contributed by atoms with Crippen molar-refractivity contribution in [2.24, 2.45) is 0 Å². The van der Waals surface area contributed by atoms with Crippen molar-refractivity contribution >= 4 is 11.6 Å². The van der Waals surface area contributed by atoms with Gasteiger partial charge in [0.15, 0.2) is 0 Å². The zero-order valence-corrected chi connectivity index (χ0v) is 12.5. The van der Waals surface area contributed by atoms with Crippen LogP contribution in [0.2, 0.25) is 0 Å². The standard InChI is InChI=1S/C14H24ClN3/c1-14(2,11-15)17(3)10-12-8-9-18(16-12)13-6-4-5-7-13/h8-9,13H,4-7,10-11H2,1-3H3. The van der Waals surface area contributed by atoms with Gasteiger partial charge >= 0.3 is 0 Å². The van der Waals surface area contributed by atoms with E-state index in [1.807, 2.05) is 0 Å². The Labute approximate surface area is 115 Å². The summed E-state index contributed by atoms with van der Waals surface area (Å²) in [5.74, 6) is 0.632. The third-order valence-corrected chi connectivity index (χ3v) is 4.78. The van der Waals surface area contributed by atoms with E-state index in [-0.39, 0.29) is 5.54 Å². The van der Waals surface area contributed by atoms with Crippen molar-refractivity contribution in [2.45, 2.75) is 57.7 Å². The van der Waals surface area contributed by atoms with Crippen LogP contribution in [0.3, 0.4) is 0 Å². The maximum Gasteiger partial charge on any atom is 0.0764 e. The first-order valence-corrected chi connectivity index (χ1v) is 7.37. The van der Waals surface area contributed by atoms with Gasteiger partial charge in [0.2, 0.25) is 0 Å². The van der Waals surface area contributed by atoms with Crippen LogP contribution < -0.4 is 0 Å². The zero-order valence-electron chi connectivity index (χ0n) is 11.7. The van der Waals surface area contributed by atoms with Gasteiger partial charge in [-0.3, -0.25) is 9.58 Å². The van der Waals surface area contributed by atoms with Crippen molar-refractivity contribution in [3.63, 3.8) is 0 Å². The number of hydrogen-bond donors (Lipinski definition) is 0. The molecule has 3 nitrogen and oxygen atoms in total. The molecular weight excluding hydrogens is 246 g/mol. The first-order chi connectivity index (χ1) is 8.53. The first kappa shape index (κ1) is 13.9. The van der Waals surface area contributed by atoms with Gasteiger partial charge < -0.3 is 0 Å². The molecule has 1 fully saturated rings. The van der Waals surface area contributed by atoms with E-state index in [4.69, 9.17) is 16.7 Å². The second-order valence-electron chi connectivity index (χ2n) is 6.03. The molecule has 1 aromatic heterocycles. The van der Waals surface area contributed by atoms with E-state index >= 15 is 0 Å². The summed E-state index contributed by atoms with van der Waals surface area (Å²) in [6, 6.07) is 2.77. The molecule has 0 atom stereocenters. The molecule has 0 aliphatic heterocycles. The number of aromatic nitrogens is 2. The Morgan fingerprint density at radius 2 is 2.11 bits per heavy atom. The topological polar surface area (TPSA) is 21.1 Å². The Balaban J connectivity index is 1.98. The maximum atomic E-state index is 6.00. The van der Waals surface area contributed by atoms with Crippen molar-refractivity contribution in [2.75, 3.05) is 12.9 Å². The Hall–Kier alpha value is -0.540. The SMILES string of the molecule is CN(Cc1ccn(C2CCCC2)n1)C(C)(C)CCl. The molecule has 1 aliphatic rings. The quantitative estimate of drug-likeness (QED) is 0.764. The molecule has 2 rings (SSSR count). The smallest absolute Gasteiger partial charge is 0.0764 e. The Morgan fingerprint density at radius 3 is 2.72 bits per heavy atom. The molecule has 1 saturated carbocycles. The zero-order chi connectivity index (χ0) is 13.2. The fraction of sp³-hybridized carbons (Fsp3) is 0.786. The number of nitrogens with zero attached hydrogens (tertiary/aromatic N) is 3. The minimum atomic E-state index is 0.0126. The summed E-state index contributed by atoms with van der Waals surface area (Å²) in [5, 5.41) is 4.71. The van der Waals surface area contributed by atoms with Crippen molar-refractivity contribution in [1.82, 2.24) is 14.7 Å². The first-order valence-electron chi connectivity index (χ1n) is 6.84. The lowest BCUT2D eigenvalue weighted by atomic mass is 10.1. The molecule has 4 heteroatoms. The summed E-state index contributed by atoms with van der Waals surface area (Å²) in [4.78, 5) is 2.27. The van der Waals surface area contributed by atoms with Gasteiger partial charge in [-0.25, -0.2) is 0 Å². The molecule has 1 aliphatic carbocycles. The monoisotopic (exact) mass is 269 g/mol. The van der Waals surface area contributed by atoms with E-state index in [2.05, 4.69) is 42.7 Å². The van der Waals surface area contributed by atoms with Crippen molar-refractivity contribution in [1.29, 1.82) is 0 Å². The van der Waals surface area contributed by atoms with Crippen LogP contribution in [0.5, 0.6) is 0 Å². The molecule has 0 saturated heterocycles. The van der Waals surface area contributed by atoms with Gasteiger partial charge in [-0.1, -0.05) is 12.8 Å². The molecule has 102 valence electrons. The number of halogens is 1. The van der Waals surface area contributed by atoms with Crippen LogP contribution in [0.15, 0.2) is 12.3 Å². The lowest BCUT2D eigenvalue weighted by molar-refractivity contribution is 0.168. The molecule has 0 radical (unpaired) electrons. The Kier molecular flexibility index (Phi) is 4.33. The Morgan fingerprint density at radius 1 is 1.44 bits per heavy atom. The number of alkyl halides is 1. The molecule has 1 aromatic rings. The van der Waals surface area contributed by atoms with E-state index in [9.17, 15) is 0 Å². The van der Waals surface area contributed by atoms with Crippen LogP contribution in [0.4, 0.5) is 0 Å². The Bertz CT molecular complexity index is 380. The van der Waals surface area contributed by atoms with Gasteiger partial charge in [-0.15, -0.1) is 11.6 Å². The average molecular weight is 270 g/mol. The summed E-state index contributed by atoms with van der Waals surface area (Å²) in [7, 11) is 2.11. The molecule has 0 aromatic carbocycles. The van der Waals surface area contributed by atoms with Gasteiger partial charge in [0.25, 0.3) is 0 Å². The van der Waals surface area contributed by atoms with E-state index in [1.165, 1.54) is 25.7 Å². The van der Waals surface area contributed by atoms with E-state index in [0.717, 1.165) is 12.2 Å². The molecule has 0 amide bonds. The van der Waals surface area contributed by atoms with Crippen molar-refractivity contribution < 1.29 is 0 Å². The van der Waals surface area contributed by atoms with Gasteiger partial charge in [0.05, 0.1) is 11.7 Å². The number of hydrogen-bond acceptors (Lipinski definition) is 2. The highest BCUT2D eigenvalue weighted by Crippen LogP contribution is 2.28. The molecule has 0 bridgehead atoms. The van der Waals surface area contributed by atoms with E-state index in [1.54, 1.807) is 0 Å². The molecule has 0 N–H and O–H groups in total. The van der Waals surface area contributed by atoms with Crippen LogP contribution in [0, 0.1) is 0 Å². The van der Waals surface area contributed by atoms with Gasteiger partial charge in [0.1, 0.15) is 0 Å². The molecule has 1 heterocycles. The number of rotatable bonds is 5. The average Bonchev–Trinajstić information content (AvgIpc) is 2.98.